The summed E-state index contributed by atoms with van der Waals surface area (Å²) in [6.07, 6.45) is 8.23. The van der Waals surface area contributed by atoms with E-state index in [2.05, 4.69) is 9.55 Å². The van der Waals surface area contributed by atoms with Gasteiger partial charge < -0.3 is 19.2 Å². The van der Waals surface area contributed by atoms with Crippen LogP contribution in [-0.2, 0) is 17.8 Å². The summed E-state index contributed by atoms with van der Waals surface area (Å²) in [5.41, 5.74) is 3.44. The third-order valence-corrected chi connectivity index (χ3v) is 5.27. The van der Waals surface area contributed by atoms with Crippen LogP contribution in [0.25, 0.3) is 22.0 Å². The molecule has 5 nitrogen and oxygen atoms in total. The topological polar surface area (TPSA) is 67.2 Å². The predicted octanol–water partition coefficient (Wildman–Crippen LogP) is 0.341. The van der Waals surface area contributed by atoms with Gasteiger partial charge in [0.05, 0.1) is 5.97 Å². The molecule has 4 rings (SSSR count). The minimum absolute atomic E-state index is 0. The molecule has 3 aromatic rings. The van der Waals surface area contributed by atoms with E-state index in [1.54, 1.807) is 0 Å². The molecule has 0 amide bonds. The number of rotatable bonds is 4. The third kappa shape index (κ3) is 3.84. The molecule has 1 aromatic carbocycles. The first kappa shape index (κ1) is 20.9. The number of carbonyl (C=O) groups is 1. The summed E-state index contributed by atoms with van der Waals surface area (Å²) < 4.78 is 8.14. The summed E-state index contributed by atoms with van der Waals surface area (Å²) in [6, 6.07) is 9.90. The van der Waals surface area contributed by atoms with E-state index in [4.69, 9.17) is 4.74 Å². The van der Waals surface area contributed by atoms with Gasteiger partial charge in [-0.1, -0.05) is 6.42 Å². The van der Waals surface area contributed by atoms with E-state index in [1.165, 1.54) is 44.4 Å². The van der Waals surface area contributed by atoms with Crippen LogP contribution in [0, 0.1) is 0 Å². The van der Waals surface area contributed by atoms with E-state index < -0.39 is 11.6 Å². The first-order valence-electron chi connectivity index (χ1n) is 9.43. The average molecular weight is 386 g/mol. The van der Waals surface area contributed by atoms with Gasteiger partial charge in [0.25, 0.3) is 0 Å². The molecule has 0 saturated carbocycles. The number of hydrogen-bond donors (Lipinski definition) is 0. The largest absolute Gasteiger partial charge is 1.00 e. The van der Waals surface area contributed by atoms with Crippen molar-refractivity contribution in [1.82, 2.24) is 9.55 Å². The van der Waals surface area contributed by atoms with Crippen molar-refractivity contribution in [3.63, 3.8) is 0 Å². The summed E-state index contributed by atoms with van der Waals surface area (Å²) in [7, 11) is 0. The molecule has 1 aliphatic rings. The van der Waals surface area contributed by atoms with Crippen molar-refractivity contribution < 1.29 is 44.2 Å². The molecule has 0 atom stereocenters. The molecule has 0 spiro atoms. The second-order valence-electron chi connectivity index (χ2n) is 7.60. The van der Waals surface area contributed by atoms with E-state index >= 15 is 0 Å². The number of carbonyl (C=O) groups excluding carboxylic acids is 1. The number of aromatic nitrogens is 2. The molecular formula is C22H23N2NaO3. The van der Waals surface area contributed by atoms with E-state index in [0.717, 1.165) is 29.4 Å². The van der Waals surface area contributed by atoms with E-state index in [1.807, 2.05) is 42.7 Å². The van der Waals surface area contributed by atoms with Crippen molar-refractivity contribution in [2.24, 2.45) is 0 Å². The number of nitrogens with zero attached hydrogens (tertiary/aromatic N) is 2. The van der Waals surface area contributed by atoms with Gasteiger partial charge in [-0.2, -0.15) is 0 Å². The van der Waals surface area contributed by atoms with Crippen LogP contribution < -0.4 is 39.4 Å². The summed E-state index contributed by atoms with van der Waals surface area (Å²) in [4.78, 5) is 15.5. The van der Waals surface area contributed by atoms with Crippen molar-refractivity contribution in [2.75, 3.05) is 0 Å². The number of hydrogen-bond acceptors (Lipinski definition) is 4. The van der Waals surface area contributed by atoms with Crippen molar-refractivity contribution in [1.29, 1.82) is 0 Å². The van der Waals surface area contributed by atoms with Crippen LogP contribution in [0.1, 0.15) is 38.8 Å². The van der Waals surface area contributed by atoms with Crippen molar-refractivity contribution in [3.05, 3.63) is 48.4 Å². The fourth-order valence-corrected chi connectivity index (χ4v) is 3.88. The van der Waals surface area contributed by atoms with Crippen LogP contribution >= 0.6 is 0 Å². The normalized spacial score (nSPS) is 14.1. The molecule has 28 heavy (non-hydrogen) atoms. The molecule has 3 heterocycles. The van der Waals surface area contributed by atoms with Gasteiger partial charge in [0.1, 0.15) is 11.4 Å². The van der Waals surface area contributed by atoms with Crippen molar-refractivity contribution in [3.8, 4) is 16.9 Å². The van der Waals surface area contributed by atoms with Crippen LogP contribution in [-0.4, -0.2) is 21.1 Å². The molecule has 0 radical (unpaired) electrons. The molecular weight excluding hydrogens is 363 g/mol. The monoisotopic (exact) mass is 386 g/mol. The SMILES string of the molecule is CC(C)(Oc1ccc2c(c1)c(-c1ccncc1)c1n2CCCCC1)C(=O)[O-].[Na+]. The Labute approximate surface area is 187 Å². The summed E-state index contributed by atoms with van der Waals surface area (Å²) in [5, 5.41) is 12.4. The third-order valence-electron chi connectivity index (χ3n) is 5.27. The molecule has 2 aromatic heterocycles. The standard InChI is InChI=1S/C22H24N2O3.Na/c1-22(2,21(25)26)27-16-7-8-18-17(14-16)20(15-9-11-23-12-10-15)19-6-4-3-5-13-24(18)19;/h7-12,14H,3-6,13H2,1-2H3,(H,25,26);/q;+1/p-1. The Kier molecular flexibility index (Phi) is 6.18. The van der Waals surface area contributed by atoms with Crippen LogP contribution in [0.2, 0.25) is 0 Å². The minimum atomic E-state index is -1.39. The Balaban J connectivity index is 0.00000225. The van der Waals surface area contributed by atoms with Crippen molar-refractivity contribution in [2.45, 2.75) is 51.7 Å². The Hall–Kier alpha value is -1.82. The fraction of sp³-hybridized carbons (Fsp3) is 0.364. The Bertz CT molecular complexity index is 996. The number of fused-ring (bicyclic) bond motifs is 3. The van der Waals surface area contributed by atoms with Gasteiger partial charge in [0.15, 0.2) is 0 Å². The second-order valence-corrected chi connectivity index (χ2v) is 7.60. The summed E-state index contributed by atoms with van der Waals surface area (Å²) >= 11 is 0. The quantitative estimate of drug-likeness (QED) is 0.607. The number of pyridine rings is 1. The van der Waals surface area contributed by atoms with Crippen molar-refractivity contribution >= 4 is 16.9 Å². The Morgan fingerprint density at radius 2 is 1.89 bits per heavy atom. The first-order valence-corrected chi connectivity index (χ1v) is 9.43. The maximum atomic E-state index is 11.3. The number of ether oxygens (including phenoxy) is 1. The number of aliphatic carboxylic acids is 1. The predicted molar refractivity (Wildman–Crippen MR) is 102 cm³/mol. The smallest absolute Gasteiger partial charge is 0.546 e. The second kappa shape index (κ2) is 8.27. The zero-order valence-electron chi connectivity index (χ0n) is 16.7. The number of aryl methyl sites for hydroxylation is 1. The molecule has 0 bridgehead atoms. The van der Waals surface area contributed by atoms with Crippen LogP contribution in [0.3, 0.4) is 0 Å². The fourth-order valence-electron chi connectivity index (χ4n) is 3.88. The molecule has 140 valence electrons. The molecule has 0 aliphatic carbocycles. The zero-order valence-corrected chi connectivity index (χ0v) is 18.7. The number of carboxylic acids is 1. The Morgan fingerprint density at radius 1 is 1.14 bits per heavy atom. The number of benzene rings is 1. The average Bonchev–Trinajstić information content (AvgIpc) is 2.78. The summed E-state index contributed by atoms with van der Waals surface area (Å²) in [6.45, 7) is 4.01. The van der Waals surface area contributed by atoms with E-state index in [-0.39, 0.29) is 29.6 Å². The van der Waals surface area contributed by atoms with Crippen LogP contribution in [0.4, 0.5) is 0 Å². The maximum Gasteiger partial charge on any atom is 1.00 e. The molecule has 6 heteroatoms. The van der Waals surface area contributed by atoms with Gasteiger partial charge >= 0.3 is 29.6 Å². The zero-order chi connectivity index (χ0) is 19.0. The molecule has 0 unspecified atom stereocenters. The van der Waals surface area contributed by atoms with Gasteiger partial charge in [-0.05, 0) is 69.0 Å². The van der Waals surface area contributed by atoms with Gasteiger partial charge in [0.2, 0.25) is 0 Å². The van der Waals surface area contributed by atoms with Gasteiger partial charge in [-0.3, -0.25) is 4.98 Å². The van der Waals surface area contributed by atoms with Crippen LogP contribution in [0.5, 0.6) is 5.75 Å². The minimum Gasteiger partial charge on any atom is -0.546 e. The van der Waals surface area contributed by atoms with Gasteiger partial charge in [-0.25, -0.2) is 0 Å². The molecule has 0 fully saturated rings. The molecule has 1 aliphatic heterocycles. The Morgan fingerprint density at radius 3 is 2.61 bits per heavy atom. The van der Waals surface area contributed by atoms with Gasteiger partial charge in [-0.15, -0.1) is 0 Å². The number of carboxylic acid groups (broad SMARTS) is 1. The van der Waals surface area contributed by atoms with Gasteiger partial charge in [0, 0.05) is 41.1 Å². The summed E-state index contributed by atoms with van der Waals surface area (Å²) in [5.74, 6) is -0.697. The molecule has 0 N–H and O–H groups in total. The molecule has 0 saturated heterocycles. The maximum absolute atomic E-state index is 11.3. The van der Waals surface area contributed by atoms with E-state index in [9.17, 15) is 9.90 Å². The van der Waals surface area contributed by atoms with Crippen LogP contribution in [0.15, 0.2) is 42.7 Å². The first-order chi connectivity index (χ1) is 13.0. The van der Waals surface area contributed by atoms with E-state index in [0.29, 0.717) is 5.75 Å².